The molecule has 0 bridgehead atoms. The van der Waals surface area contributed by atoms with Crippen LogP contribution in [0.2, 0.25) is 4.34 Å². The van der Waals surface area contributed by atoms with Crippen LogP contribution in [0.4, 0.5) is 4.79 Å². The van der Waals surface area contributed by atoms with Crippen molar-refractivity contribution >= 4 is 29.0 Å². The van der Waals surface area contributed by atoms with Crippen molar-refractivity contribution in [1.29, 1.82) is 0 Å². The highest BCUT2D eigenvalue weighted by molar-refractivity contribution is 7.16. The number of hydrogen-bond acceptors (Lipinski definition) is 4. The van der Waals surface area contributed by atoms with Gasteiger partial charge in [-0.1, -0.05) is 18.5 Å². The van der Waals surface area contributed by atoms with Crippen LogP contribution >= 0.6 is 22.9 Å². The predicted molar refractivity (Wildman–Crippen MR) is 82.5 cm³/mol. The molecule has 0 aliphatic heterocycles. The molecule has 0 aromatic carbocycles. The quantitative estimate of drug-likeness (QED) is 0.873. The first-order chi connectivity index (χ1) is 9.13. The van der Waals surface area contributed by atoms with Crippen LogP contribution in [0.5, 0.6) is 0 Å². The average molecular weight is 320 g/mol. The fraction of sp³-hybridized carbons (Fsp3) is 0.643. The molecule has 1 aromatic heterocycles. The predicted octanol–water partition coefficient (Wildman–Crippen LogP) is 3.47. The monoisotopic (exact) mass is 319 g/mol. The Morgan fingerprint density at radius 3 is 2.50 bits per heavy atom. The summed E-state index contributed by atoms with van der Waals surface area (Å²) < 4.78 is 5.90. The number of hydrogen-bond donors (Lipinski definition) is 2. The van der Waals surface area contributed by atoms with E-state index in [0.29, 0.717) is 13.0 Å². The molecule has 1 amide bonds. The summed E-state index contributed by atoms with van der Waals surface area (Å²) >= 11 is 7.38. The number of carbonyl (C=O) groups excluding carboxylic acids is 1. The third kappa shape index (κ3) is 6.11. The van der Waals surface area contributed by atoms with Gasteiger partial charge in [0.05, 0.1) is 10.9 Å². The van der Waals surface area contributed by atoms with Gasteiger partial charge in [0.1, 0.15) is 5.60 Å². The summed E-state index contributed by atoms with van der Waals surface area (Å²) in [5.74, 6) is 0. The maximum atomic E-state index is 11.6. The van der Waals surface area contributed by atoms with Crippen molar-refractivity contribution < 1.29 is 14.6 Å². The van der Waals surface area contributed by atoms with Gasteiger partial charge in [-0.05, 0) is 39.3 Å². The van der Waals surface area contributed by atoms with E-state index in [9.17, 15) is 9.90 Å². The number of carbonyl (C=O) groups is 1. The first-order valence-corrected chi connectivity index (χ1v) is 7.65. The summed E-state index contributed by atoms with van der Waals surface area (Å²) in [6, 6.07) is 3.77. The van der Waals surface area contributed by atoms with Gasteiger partial charge < -0.3 is 15.2 Å². The average Bonchev–Trinajstić information content (AvgIpc) is 2.70. The molecule has 0 fully saturated rings. The third-order valence-corrected chi connectivity index (χ3v) is 3.90. The lowest BCUT2D eigenvalue weighted by atomic mass is 9.87. The minimum Gasteiger partial charge on any atom is -0.444 e. The molecule has 1 aromatic rings. The molecule has 1 atom stereocenters. The Bertz CT molecular complexity index is 456. The van der Waals surface area contributed by atoms with Crippen LogP contribution in [0.15, 0.2) is 12.1 Å². The molecule has 114 valence electrons. The summed E-state index contributed by atoms with van der Waals surface area (Å²) in [6.45, 7) is 7.66. The summed E-state index contributed by atoms with van der Waals surface area (Å²) in [7, 11) is 0. The maximum Gasteiger partial charge on any atom is 0.407 e. The molecule has 0 saturated carbocycles. The van der Waals surface area contributed by atoms with Gasteiger partial charge >= 0.3 is 6.09 Å². The zero-order valence-electron chi connectivity index (χ0n) is 12.3. The number of halogens is 1. The number of aliphatic hydroxyl groups excluding tert-OH is 1. The molecule has 0 spiro atoms. The topological polar surface area (TPSA) is 58.6 Å². The Morgan fingerprint density at radius 2 is 2.05 bits per heavy atom. The van der Waals surface area contributed by atoms with Crippen molar-refractivity contribution in [2.45, 2.75) is 39.7 Å². The van der Waals surface area contributed by atoms with E-state index in [2.05, 4.69) is 5.32 Å². The maximum absolute atomic E-state index is 11.6. The van der Waals surface area contributed by atoms with E-state index in [1.165, 1.54) is 11.3 Å². The second-order valence-electron chi connectivity index (χ2n) is 6.21. The first-order valence-electron chi connectivity index (χ1n) is 6.45. The Morgan fingerprint density at radius 1 is 1.40 bits per heavy atom. The summed E-state index contributed by atoms with van der Waals surface area (Å²) in [5.41, 5.74) is -0.966. The van der Waals surface area contributed by atoms with E-state index in [-0.39, 0.29) is 6.61 Å². The SMILES string of the molecule is CC(CO)(CNC(=O)OC(C)(C)C)Cc1ccc(Cl)s1. The molecule has 20 heavy (non-hydrogen) atoms. The number of nitrogens with one attached hydrogen (secondary N) is 1. The fourth-order valence-corrected chi connectivity index (χ4v) is 2.94. The van der Waals surface area contributed by atoms with Crippen molar-refractivity contribution in [3.63, 3.8) is 0 Å². The zero-order chi connectivity index (χ0) is 15.4. The highest BCUT2D eigenvalue weighted by Gasteiger charge is 2.26. The van der Waals surface area contributed by atoms with E-state index in [1.807, 2.05) is 39.8 Å². The minimum absolute atomic E-state index is 0.0294. The Labute approximate surface area is 129 Å². The second-order valence-corrected chi connectivity index (χ2v) is 8.01. The van der Waals surface area contributed by atoms with Crippen LogP contribution in [0.1, 0.15) is 32.6 Å². The molecule has 0 aliphatic carbocycles. The summed E-state index contributed by atoms with van der Waals surface area (Å²) in [4.78, 5) is 12.7. The van der Waals surface area contributed by atoms with Crippen molar-refractivity contribution in [3.8, 4) is 0 Å². The Balaban J connectivity index is 2.55. The van der Waals surface area contributed by atoms with Gasteiger partial charge in [0.2, 0.25) is 0 Å². The highest BCUT2D eigenvalue weighted by Crippen LogP contribution is 2.28. The van der Waals surface area contributed by atoms with Crippen molar-refractivity contribution in [2.75, 3.05) is 13.2 Å². The molecule has 1 unspecified atom stereocenters. The Kier molecular flexibility index (Phi) is 5.86. The normalized spacial score (nSPS) is 14.7. The van der Waals surface area contributed by atoms with E-state index in [1.54, 1.807) is 0 Å². The van der Waals surface area contributed by atoms with E-state index in [0.717, 1.165) is 9.21 Å². The van der Waals surface area contributed by atoms with Crippen molar-refractivity contribution in [1.82, 2.24) is 5.32 Å². The van der Waals surface area contributed by atoms with Crippen LogP contribution < -0.4 is 5.32 Å². The van der Waals surface area contributed by atoms with Gasteiger partial charge in [0.25, 0.3) is 0 Å². The van der Waals surface area contributed by atoms with Gasteiger partial charge in [-0.3, -0.25) is 0 Å². The van der Waals surface area contributed by atoms with Crippen molar-refractivity contribution in [2.24, 2.45) is 5.41 Å². The highest BCUT2D eigenvalue weighted by atomic mass is 35.5. The standard InChI is InChI=1S/C14H22ClNO3S/c1-13(2,3)19-12(18)16-8-14(4,9-17)7-10-5-6-11(15)20-10/h5-6,17H,7-9H2,1-4H3,(H,16,18). The molecular formula is C14H22ClNO3S. The lowest BCUT2D eigenvalue weighted by Crippen LogP contribution is -2.41. The number of thiophene rings is 1. The van der Waals surface area contributed by atoms with E-state index in [4.69, 9.17) is 16.3 Å². The fourth-order valence-electron chi connectivity index (χ4n) is 1.64. The number of ether oxygens (including phenoxy) is 1. The lowest BCUT2D eigenvalue weighted by molar-refractivity contribution is 0.0479. The van der Waals surface area contributed by atoms with E-state index >= 15 is 0 Å². The number of rotatable bonds is 5. The van der Waals surface area contributed by atoms with Gasteiger partial charge in [-0.15, -0.1) is 11.3 Å². The molecular weight excluding hydrogens is 298 g/mol. The zero-order valence-corrected chi connectivity index (χ0v) is 13.9. The Hall–Kier alpha value is -0.780. The summed E-state index contributed by atoms with van der Waals surface area (Å²) in [6.07, 6.45) is 0.179. The minimum atomic E-state index is -0.527. The van der Waals surface area contributed by atoms with Crippen LogP contribution in [0.3, 0.4) is 0 Å². The third-order valence-electron chi connectivity index (χ3n) is 2.67. The number of aliphatic hydroxyl groups is 1. The van der Waals surface area contributed by atoms with Crippen LogP contribution in [-0.2, 0) is 11.2 Å². The molecule has 6 heteroatoms. The number of alkyl carbamates (subject to hydrolysis) is 1. The molecule has 0 radical (unpaired) electrons. The first kappa shape index (κ1) is 17.3. The van der Waals surface area contributed by atoms with Gasteiger partial charge in [-0.25, -0.2) is 4.79 Å². The van der Waals surface area contributed by atoms with Crippen molar-refractivity contribution in [3.05, 3.63) is 21.3 Å². The smallest absolute Gasteiger partial charge is 0.407 e. The second kappa shape index (κ2) is 6.78. The van der Waals surface area contributed by atoms with Crippen LogP contribution in [-0.4, -0.2) is 30.0 Å². The number of amides is 1. The molecule has 1 rings (SSSR count). The molecule has 4 nitrogen and oxygen atoms in total. The molecule has 0 aliphatic rings. The molecule has 2 N–H and O–H groups in total. The molecule has 1 heterocycles. The summed E-state index contributed by atoms with van der Waals surface area (Å²) in [5, 5.41) is 12.3. The van der Waals surface area contributed by atoms with Gasteiger partial charge in [0, 0.05) is 16.8 Å². The van der Waals surface area contributed by atoms with Crippen LogP contribution in [0, 0.1) is 5.41 Å². The van der Waals surface area contributed by atoms with Crippen LogP contribution in [0.25, 0.3) is 0 Å². The van der Waals surface area contributed by atoms with Gasteiger partial charge in [0.15, 0.2) is 0 Å². The van der Waals surface area contributed by atoms with E-state index < -0.39 is 17.1 Å². The largest absolute Gasteiger partial charge is 0.444 e. The van der Waals surface area contributed by atoms with Gasteiger partial charge in [-0.2, -0.15) is 0 Å². The molecule has 0 saturated heterocycles. The lowest BCUT2D eigenvalue weighted by Gasteiger charge is -2.28.